The molecule has 3 rings (SSSR count). The Balaban J connectivity index is 1.67. The number of carbonyl (C=O) groups excluding carboxylic acids is 1. The minimum Gasteiger partial charge on any atom is -0.378 e. The zero-order chi connectivity index (χ0) is 17.1. The number of anilines is 2. The Morgan fingerprint density at radius 3 is 2.50 bits per heavy atom. The maximum atomic E-state index is 14.5. The summed E-state index contributed by atoms with van der Waals surface area (Å²) in [7, 11) is 0. The summed E-state index contributed by atoms with van der Waals surface area (Å²) in [5.74, 6) is -0.337. The zero-order valence-electron chi connectivity index (χ0n) is 14.1. The van der Waals surface area contributed by atoms with Crippen LogP contribution in [0.1, 0.15) is 13.8 Å². The Morgan fingerprint density at radius 1 is 1.21 bits per heavy atom. The average molecular weight is 337 g/mol. The van der Waals surface area contributed by atoms with Gasteiger partial charge in [0.25, 0.3) is 0 Å². The van der Waals surface area contributed by atoms with Gasteiger partial charge in [-0.2, -0.15) is 0 Å². The van der Waals surface area contributed by atoms with E-state index in [0.717, 1.165) is 0 Å². The fraction of sp³-hybridized carbons (Fsp3) is 0.588. The highest BCUT2D eigenvalue weighted by atomic mass is 19.1. The van der Waals surface area contributed by atoms with Crippen molar-refractivity contribution in [1.82, 2.24) is 4.90 Å². The van der Waals surface area contributed by atoms with Crippen LogP contribution < -0.4 is 10.2 Å². The van der Waals surface area contributed by atoms with E-state index in [1.54, 1.807) is 17.0 Å². The van der Waals surface area contributed by atoms with Gasteiger partial charge in [0, 0.05) is 31.9 Å². The molecule has 2 unspecified atom stereocenters. The van der Waals surface area contributed by atoms with E-state index in [2.05, 4.69) is 5.32 Å². The van der Waals surface area contributed by atoms with E-state index < -0.39 is 0 Å². The van der Waals surface area contributed by atoms with Crippen molar-refractivity contribution in [3.05, 3.63) is 24.0 Å². The monoisotopic (exact) mass is 337 g/mol. The quantitative estimate of drug-likeness (QED) is 0.900. The highest BCUT2D eigenvalue weighted by Crippen LogP contribution is 2.26. The Kier molecular flexibility index (Phi) is 5.20. The maximum Gasteiger partial charge on any atom is 0.322 e. The van der Waals surface area contributed by atoms with Crippen molar-refractivity contribution in [1.29, 1.82) is 0 Å². The fourth-order valence-electron chi connectivity index (χ4n) is 3.18. The molecular weight excluding hydrogens is 313 g/mol. The van der Waals surface area contributed by atoms with E-state index >= 15 is 0 Å². The average Bonchev–Trinajstić information content (AvgIpc) is 2.55. The van der Waals surface area contributed by atoms with Gasteiger partial charge in [-0.25, -0.2) is 9.18 Å². The molecule has 0 aromatic heterocycles. The van der Waals surface area contributed by atoms with E-state index in [1.807, 2.05) is 18.7 Å². The standard InChI is InChI=1S/C17H24FN3O3/c1-12-10-21(11-13(2)24-12)16-4-3-14(9-15(16)18)19-17(22)20-5-7-23-8-6-20/h3-4,9,12-13H,5-8,10-11H2,1-2H3,(H,19,22). The summed E-state index contributed by atoms with van der Waals surface area (Å²) in [4.78, 5) is 15.8. The summed E-state index contributed by atoms with van der Waals surface area (Å²) in [6.45, 7) is 7.45. The van der Waals surface area contributed by atoms with Gasteiger partial charge >= 0.3 is 6.03 Å². The van der Waals surface area contributed by atoms with Gasteiger partial charge in [0.15, 0.2) is 0 Å². The second-order valence-corrected chi connectivity index (χ2v) is 6.36. The summed E-state index contributed by atoms with van der Waals surface area (Å²) in [6.07, 6.45) is 0.127. The Bertz CT molecular complexity index is 582. The predicted octanol–water partition coefficient (Wildman–Crippen LogP) is 2.30. The zero-order valence-corrected chi connectivity index (χ0v) is 14.1. The van der Waals surface area contributed by atoms with Gasteiger partial charge in [-0.3, -0.25) is 0 Å². The van der Waals surface area contributed by atoms with Gasteiger partial charge in [-0.05, 0) is 32.0 Å². The second kappa shape index (κ2) is 7.36. The van der Waals surface area contributed by atoms with Crippen LogP contribution in [0.2, 0.25) is 0 Å². The number of urea groups is 1. The first kappa shape index (κ1) is 17.0. The van der Waals surface area contributed by atoms with Crippen molar-refractivity contribution < 1.29 is 18.7 Å². The minimum absolute atomic E-state index is 0.0637. The summed E-state index contributed by atoms with van der Waals surface area (Å²) in [5.41, 5.74) is 1.00. The lowest BCUT2D eigenvalue weighted by Crippen LogP contribution is -2.45. The molecule has 1 aromatic rings. The van der Waals surface area contributed by atoms with Gasteiger partial charge < -0.3 is 24.6 Å². The Hall–Kier alpha value is -1.86. The second-order valence-electron chi connectivity index (χ2n) is 6.36. The molecule has 7 heteroatoms. The lowest BCUT2D eigenvalue weighted by molar-refractivity contribution is -0.00539. The van der Waals surface area contributed by atoms with E-state index in [4.69, 9.17) is 9.47 Å². The predicted molar refractivity (Wildman–Crippen MR) is 90.0 cm³/mol. The van der Waals surface area contributed by atoms with Crippen molar-refractivity contribution in [2.75, 3.05) is 49.6 Å². The number of rotatable bonds is 2. The lowest BCUT2D eigenvalue weighted by atomic mass is 10.2. The molecule has 0 aliphatic carbocycles. The topological polar surface area (TPSA) is 54.0 Å². The summed E-state index contributed by atoms with van der Waals surface area (Å²) < 4.78 is 25.4. The smallest absolute Gasteiger partial charge is 0.322 e. The molecular formula is C17H24FN3O3. The number of morpholine rings is 2. The molecule has 2 heterocycles. The molecule has 1 N–H and O–H groups in total. The van der Waals surface area contributed by atoms with E-state index in [9.17, 15) is 9.18 Å². The molecule has 132 valence electrons. The highest BCUT2D eigenvalue weighted by molar-refractivity contribution is 5.89. The van der Waals surface area contributed by atoms with Crippen molar-refractivity contribution in [3.63, 3.8) is 0 Å². The van der Waals surface area contributed by atoms with E-state index in [1.165, 1.54) is 6.07 Å². The number of nitrogens with one attached hydrogen (secondary N) is 1. The van der Waals surface area contributed by atoms with E-state index in [0.29, 0.717) is 50.8 Å². The van der Waals surface area contributed by atoms with Gasteiger partial charge in [-0.1, -0.05) is 0 Å². The highest BCUT2D eigenvalue weighted by Gasteiger charge is 2.24. The first-order valence-corrected chi connectivity index (χ1v) is 8.36. The number of halogens is 1. The normalized spacial score (nSPS) is 24.8. The van der Waals surface area contributed by atoms with Crippen LogP contribution in [-0.4, -0.2) is 62.5 Å². The van der Waals surface area contributed by atoms with Gasteiger partial charge in [-0.15, -0.1) is 0 Å². The number of hydrogen-bond acceptors (Lipinski definition) is 4. The molecule has 6 nitrogen and oxygen atoms in total. The van der Waals surface area contributed by atoms with Crippen LogP contribution in [0.15, 0.2) is 18.2 Å². The van der Waals surface area contributed by atoms with Gasteiger partial charge in [0.2, 0.25) is 0 Å². The minimum atomic E-state index is -0.337. The summed E-state index contributed by atoms with van der Waals surface area (Å²) in [6, 6.07) is 4.61. The molecule has 2 saturated heterocycles. The molecule has 0 spiro atoms. The van der Waals surface area contributed by atoms with Crippen molar-refractivity contribution in [2.45, 2.75) is 26.1 Å². The Labute approximate surface area is 141 Å². The molecule has 0 bridgehead atoms. The lowest BCUT2D eigenvalue weighted by Gasteiger charge is -2.37. The largest absolute Gasteiger partial charge is 0.378 e. The number of carbonyl (C=O) groups is 1. The molecule has 2 amide bonds. The van der Waals surface area contributed by atoms with Crippen LogP contribution in [0, 0.1) is 5.82 Å². The maximum absolute atomic E-state index is 14.5. The first-order valence-electron chi connectivity index (χ1n) is 8.36. The third-order valence-corrected chi connectivity index (χ3v) is 4.26. The van der Waals surface area contributed by atoms with Crippen LogP contribution in [-0.2, 0) is 9.47 Å². The van der Waals surface area contributed by atoms with Crippen molar-refractivity contribution >= 4 is 17.4 Å². The van der Waals surface area contributed by atoms with Crippen LogP contribution in [0.4, 0.5) is 20.6 Å². The molecule has 2 aliphatic heterocycles. The SMILES string of the molecule is CC1CN(c2ccc(NC(=O)N3CCOCC3)cc2F)CC(C)O1. The van der Waals surface area contributed by atoms with E-state index in [-0.39, 0.29) is 24.1 Å². The van der Waals surface area contributed by atoms with Gasteiger partial charge in [0.1, 0.15) is 5.82 Å². The number of benzene rings is 1. The number of ether oxygens (including phenoxy) is 2. The Morgan fingerprint density at radius 2 is 1.88 bits per heavy atom. The molecule has 0 radical (unpaired) electrons. The van der Waals surface area contributed by atoms with Crippen molar-refractivity contribution in [3.8, 4) is 0 Å². The number of hydrogen-bond donors (Lipinski definition) is 1. The summed E-state index contributed by atoms with van der Waals surface area (Å²) in [5, 5.41) is 2.75. The molecule has 2 fully saturated rings. The number of amides is 2. The first-order chi connectivity index (χ1) is 11.5. The molecule has 2 aliphatic rings. The fourth-order valence-corrected chi connectivity index (χ4v) is 3.18. The third kappa shape index (κ3) is 3.96. The summed E-state index contributed by atoms with van der Waals surface area (Å²) >= 11 is 0. The van der Waals surface area contributed by atoms with Gasteiger partial charge in [0.05, 0.1) is 31.1 Å². The molecule has 0 saturated carbocycles. The number of nitrogens with zero attached hydrogens (tertiary/aromatic N) is 2. The van der Waals surface area contributed by atoms with Crippen LogP contribution in [0.5, 0.6) is 0 Å². The molecule has 2 atom stereocenters. The molecule has 24 heavy (non-hydrogen) atoms. The molecule has 1 aromatic carbocycles. The third-order valence-electron chi connectivity index (χ3n) is 4.26. The van der Waals surface area contributed by atoms with Crippen LogP contribution in [0.25, 0.3) is 0 Å². The van der Waals surface area contributed by atoms with Crippen molar-refractivity contribution in [2.24, 2.45) is 0 Å². The van der Waals surface area contributed by atoms with Crippen LogP contribution >= 0.6 is 0 Å². The van der Waals surface area contributed by atoms with Crippen LogP contribution in [0.3, 0.4) is 0 Å².